The van der Waals surface area contributed by atoms with E-state index >= 15 is 0 Å². The predicted molar refractivity (Wildman–Crippen MR) is 90.9 cm³/mol. The van der Waals surface area contributed by atoms with Gasteiger partial charge in [0.05, 0.1) is 5.51 Å². The number of hydrogen-bond acceptors (Lipinski definition) is 8. The van der Waals surface area contributed by atoms with Crippen molar-refractivity contribution in [2.75, 3.05) is 36.8 Å². The number of fused-ring (bicyclic) bond motifs is 1. The van der Waals surface area contributed by atoms with E-state index in [1.54, 1.807) is 22.5 Å². The van der Waals surface area contributed by atoms with Crippen LogP contribution in [0.2, 0.25) is 0 Å². The number of nitrogens with zero attached hydrogens (tertiary/aromatic N) is 7. The molecular formula is C14H16N8OS. The molecule has 1 aliphatic rings. The van der Waals surface area contributed by atoms with Crippen LogP contribution in [0, 0.1) is 0 Å². The zero-order chi connectivity index (χ0) is 16.7. The second kappa shape index (κ2) is 5.71. The highest BCUT2D eigenvalue weighted by molar-refractivity contribution is 7.16. The number of thiazole rings is 1. The number of carbonyl (C=O) groups excluding carboxylic acids is 1. The van der Waals surface area contributed by atoms with Crippen molar-refractivity contribution in [3.05, 3.63) is 23.7 Å². The topological polar surface area (TPSA) is 106 Å². The highest BCUT2D eigenvalue weighted by Crippen LogP contribution is 2.26. The molecule has 124 valence electrons. The van der Waals surface area contributed by atoms with E-state index in [9.17, 15) is 4.79 Å². The first-order chi connectivity index (χ1) is 11.6. The molecule has 1 fully saturated rings. The van der Waals surface area contributed by atoms with Crippen molar-refractivity contribution in [3.8, 4) is 0 Å². The van der Waals surface area contributed by atoms with Crippen LogP contribution in [-0.4, -0.2) is 61.5 Å². The standard InChI is InChI=1S/C14H16N8OS/c1-20-3-2-16-11(20)13(23)22-6-4-21(5-7-22)10-9-12(24-8-17-9)19-14(15)18-10/h2-3,8H,4-7H2,1H3,(H2,15,18,19). The molecule has 4 rings (SSSR count). The number of hydrogen-bond donors (Lipinski definition) is 1. The van der Waals surface area contributed by atoms with Gasteiger partial charge < -0.3 is 20.1 Å². The van der Waals surface area contributed by atoms with Crippen molar-refractivity contribution >= 4 is 39.4 Å². The summed E-state index contributed by atoms with van der Waals surface area (Å²) in [5.74, 6) is 1.39. The fourth-order valence-electron chi connectivity index (χ4n) is 2.82. The number of rotatable bonds is 2. The summed E-state index contributed by atoms with van der Waals surface area (Å²) in [6, 6.07) is 0. The molecule has 4 heterocycles. The van der Waals surface area contributed by atoms with E-state index in [0.717, 1.165) is 16.2 Å². The lowest BCUT2D eigenvalue weighted by atomic mass is 10.3. The molecule has 0 aromatic carbocycles. The Balaban J connectivity index is 1.53. The van der Waals surface area contributed by atoms with Crippen LogP contribution in [0.1, 0.15) is 10.6 Å². The summed E-state index contributed by atoms with van der Waals surface area (Å²) in [5.41, 5.74) is 8.30. The maximum absolute atomic E-state index is 12.5. The fraction of sp³-hybridized carbons (Fsp3) is 0.357. The van der Waals surface area contributed by atoms with Crippen LogP contribution in [0.5, 0.6) is 0 Å². The molecule has 0 spiro atoms. The summed E-state index contributed by atoms with van der Waals surface area (Å²) in [6.07, 6.45) is 3.40. The quantitative estimate of drug-likeness (QED) is 0.715. The Morgan fingerprint density at radius 3 is 2.71 bits per heavy atom. The maximum Gasteiger partial charge on any atom is 0.289 e. The number of imidazole rings is 1. The van der Waals surface area contributed by atoms with Gasteiger partial charge in [-0.2, -0.15) is 4.98 Å². The molecule has 3 aromatic rings. The Morgan fingerprint density at radius 1 is 1.21 bits per heavy atom. The molecule has 10 heteroatoms. The lowest BCUT2D eigenvalue weighted by Crippen LogP contribution is -2.49. The third kappa shape index (κ3) is 2.44. The van der Waals surface area contributed by atoms with E-state index in [1.807, 2.05) is 11.9 Å². The number of amides is 1. The van der Waals surface area contributed by atoms with Crippen LogP contribution in [0.3, 0.4) is 0 Å². The van der Waals surface area contributed by atoms with Crippen LogP contribution in [0.25, 0.3) is 10.3 Å². The average Bonchev–Trinajstić information content (AvgIpc) is 3.22. The number of aromatic nitrogens is 5. The molecule has 1 aliphatic heterocycles. The lowest BCUT2D eigenvalue weighted by Gasteiger charge is -2.35. The van der Waals surface area contributed by atoms with E-state index in [4.69, 9.17) is 5.73 Å². The molecule has 0 atom stereocenters. The van der Waals surface area contributed by atoms with Crippen molar-refractivity contribution in [3.63, 3.8) is 0 Å². The minimum Gasteiger partial charge on any atom is -0.368 e. The van der Waals surface area contributed by atoms with Crippen molar-refractivity contribution < 1.29 is 4.79 Å². The van der Waals surface area contributed by atoms with Gasteiger partial charge in [0, 0.05) is 45.6 Å². The number of nitrogens with two attached hydrogens (primary N) is 1. The van der Waals surface area contributed by atoms with Gasteiger partial charge in [-0.1, -0.05) is 0 Å². The van der Waals surface area contributed by atoms with Crippen LogP contribution < -0.4 is 10.6 Å². The first kappa shape index (κ1) is 14.8. The zero-order valence-corrected chi connectivity index (χ0v) is 13.9. The molecule has 1 amide bonds. The Morgan fingerprint density at radius 2 is 2.00 bits per heavy atom. The van der Waals surface area contributed by atoms with Crippen molar-refractivity contribution in [2.45, 2.75) is 0 Å². The second-order valence-electron chi connectivity index (χ2n) is 5.55. The Hall–Kier alpha value is -2.75. The monoisotopic (exact) mass is 344 g/mol. The Bertz CT molecular complexity index is 895. The molecule has 0 aliphatic carbocycles. The van der Waals surface area contributed by atoms with Gasteiger partial charge in [-0.25, -0.2) is 15.0 Å². The molecule has 1 saturated heterocycles. The highest BCUT2D eigenvalue weighted by atomic mass is 32.1. The number of carbonyl (C=O) groups is 1. The number of aryl methyl sites for hydroxylation is 1. The first-order valence-corrected chi connectivity index (χ1v) is 8.39. The van der Waals surface area contributed by atoms with Gasteiger partial charge in [-0.05, 0) is 0 Å². The minimum absolute atomic E-state index is 0.0526. The average molecular weight is 344 g/mol. The number of piperazine rings is 1. The molecule has 0 radical (unpaired) electrons. The predicted octanol–water partition coefficient (Wildman–Crippen LogP) is 0.364. The zero-order valence-electron chi connectivity index (χ0n) is 13.1. The van der Waals surface area contributed by atoms with Crippen molar-refractivity contribution in [2.24, 2.45) is 7.05 Å². The minimum atomic E-state index is -0.0526. The van der Waals surface area contributed by atoms with Gasteiger partial charge in [-0.15, -0.1) is 11.3 Å². The van der Waals surface area contributed by atoms with Gasteiger partial charge in [0.25, 0.3) is 5.91 Å². The molecule has 24 heavy (non-hydrogen) atoms. The summed E-state index contributed by atoms with van der Waals surface area (Å²) in [5, 5.41) is 0. The fourth-order valence-corrected chi connectivity index (χ4v) is 3.48. The van der Waals surface area contributed by atoms with E-state index in [-0.39, 0.29) is 11.9 Å². The summed E-state index contributed by atoms with van der Waals surface area (Å²) >= 11 is 1.44. The molecule has 3 aromatic heterocycles. The van der Waals surface area contributed by atoms with E-state index in [2.05, 4.69) is 24.8 Å². The van der Waals surface area contributed by atoms with Gasteiger partial charge >= 0.3 is 0 Å². The lowest BCUT2D eigenvalue weighted by molar-refractivity contribution is 0.0730. The molecular weight excluding hydrogens is 328 g/mol. The second-order valence-corrected chi connectivity index (χ2v) is 6.39. The smallest absolute Gasteiger partial charge is 0.289 e. The molecule has 9 nitrogen and oxygen atoms in total. The number of nitrogen functional groups attached to an aromatic ring is 1. The summed E-state index contributed by atoms with van der Waals surface area (Å²) in [4.78, 5) is 34.2. The molecule has 0 bridgehead atoms. The third-order valence-electron chi connectivity index (χ3n) is 4.08. The largest absolute Gasteiger partial charge is 0.368 e. The summed E-state index contributed by atoms with van der Waals surface area (Å²) < 4.78 is 1.73. The summed E-state index contributed by atoms with van der Waals surface area (Å²) in [6.45, 7) is 2.53. The van der Waals surface area contributed by atoms with Gasteiger partial charge in [0.2, 0.25) is 5.95 Å². The highest BCUT2D eigenvalue weighted by Gasteiger charge is 2.26. The SMILES string of the molecule is Cn1ccnc1C(=O)N1CCN(c2nc(N)nc3scnc23)CC1. The normalized spacial score (nSPS) is 15.2. The molecule has 0 unspecified atom stereocenters. The first-order valence-electron chi connectivity index (χ1n) is 7.52. The van der Waals surface area contributed by atoms with Crippen molar-refractivity contribution in [1.82, 2.24) is 29.4 Å². The summed E-state index contributed by atoms with van der Waals surface area (Å²) in [7, 11) is 1.82. The van der Waals surface area contributed by atoms with Crippen LogP contribution >= 0.6 is 11.3 Å². The van der Waals surface area contributed by atoms with Crippen LogP contribution in [0.15, 0.2) is 17.9 Å². The van der Waals surface area contributed by atoms with E-state index in [0.29, 0.717) is 32.0 Å². The van der Waals surface area contributed by atoms with Crippen molar-refractivity contribution in [1.29, 1.82) is 0 Å². The van der Waals surface area contributed by atoms with E-state index in [1.165, 1.54) is 11.3 Å². The molecule has 0 saturated carbocycles. The molecule has 2 N–H and O–H groups in total. The van der Waals surface area contributed by atoms with Crippen LogP contribution in [-0.2, 0) is 7.05 Å². The number of anilines is 2. The van der Waals surface area contributed by atoms with Gasteiger partial charge in [0.15, 0.2) is 16.5 Å². The van der Waals surface area contributed by atoms with E-state index < -0.39 is 0 Å². The Kier molecular flexibility index (Phi) is 3.53. The van der Waals surface area contributed by atoms with Gasteiger partial charge in [-0.3, -0.25) is 4.79 Å². The van der Waals surface area contributed by atoms with Crippen LogP contribution in [0.4, 0.5) is 11.8 Å². The van der Waals surface area contributed by atoms with Gasteiger partial charge in [0.1, 0.15) is 5.52 Å². The third-order valence-corrected chi connectivity index (χ3v) is 4.79. The Labute approximate surface area is 141 Å². The maximum atomic E-state index is 12.5.